The summed E-state index contributed by atoms with van der Waals surface area (Å²) in [5.74, 6) is 0. The fourth-order valence-corrected chi connectivity index (χ4v) is 1.94. The van der Waals surface area contributed by atoms with Crippen LogP contribution in [0.2, 0.25) is 0 Å². The molecule has 1 aromatic rings. The third-order valence-corrected chi connectivity index (χ3v) is 3.39. The molecule has 17 heavy (non-hydrogen) atoms. The van der Waals surface area contributed by atoms with Crippen LogP contribution in [0.5, 0.6) is 0 Å². The van der Waals surface area contributed by atoms with Crippen molar-refractivity contribution in [3.8, 4) is 0 Å². The molecule has 6 heteroatoms. The van der Waals surface area contributed by atoms with E-state index >= 15 is 0 Å². The van der Waals surface area contributed by atoms with Crippen LogP contribution in [-0.2, 0) is 10.0 Å². The van der Waals surface area contributed by atoms with Gasteiger partial charge in [-0.3, -0.25) is 9.88 Å². The summed E-state index contributed by atoms with van der Waals surface area (Å²) in [4.78, 5) is 6.15. The second-order valence-corrected chi connectivity index (χ2v) is 5.94. The molecule has 0 radical (unpaired) electrons. The zero-order valence-corrected chi connectivity index (χ0v) is 11.2. The maximum Gasteiger partial charge on any atom is 0.208 e. The molecule has 5 nitrogen and oxygen atoms in total. The number of nitrogens with zero attached hydrogens (tertiary/aromatic N) is 2. The van der Waals surface area contributed by atoms with Crippen molar-refractivity contribution in [3.63, 3.8) is 0 Å². The Balaban J connectivity index is 2.45. The molecule has 1 aromatic heterocycles. The monoisotopic (exact) mass is 257 g/mol. The van der Waals surface area contributed by atoms with Gasteiger partial charge in [0, 0.05) is 31.5 Å². The van der Waals surface area contributed by atoms with Crippen LogP contribution in [0.15, 0.2) is 24.5 Å². The van der Waals surface area contributed by atoms with E-state index in [0.717, 1.165) is 11.8 Å². The summed E-state index contributed by atoms with van der Waals surface area (Å²) in [6.45, 7) is 3.14. The van der Waals surface area contributed by atoms with Gasteiger partial charge in [-0.2, -0.15) is 0 Å². The molecule has 0 aromatic carbocycles. The van der Waals surface area contributed by atoms with Gasteiger partial charge in [0.15, 0.2) is 0 Å². The van der Waals surface area contributed by atoms with Crippen LogP contribution in [-0.4, -0.2) is 44.7 Å². The molecule has 0 saturated carbocycles. The molecule has 0 bridgehead atoms. The largest absolute Gasteiger partial charge is 0.298 e. The Morgan fingerprint density at radius 3 is 2.76 bits per heavy atom. The van der Waals surface area contributed by atoms with E-state index in [0.29, 0.717) is 13.1 Å². The zero-order chi connectivity index (χ0) is 12.9. The highest BCUT2D eigenvalue weighted by Crippen LogP contribution is 2.16. The number of hydrogen-bond donors (Lipinski definition) is 1. The lowest BCUT2D eigenvalue weighted by atomic mass is 10.1. The van der Waals surface area contributed by atoms with Gasteiger partial charge in [-0.1, -0.05) is 6.07 Å². The van der Waals surface area contributed by atoms with Gasteiger partial charge >= 0.3 is 0 Å². The van der Waals surface area contributed by atoms with Crippen molar-refractivity contribution >= 4 is 10.0 Å². The predicted molar refractivity (Wildman–Crippen MR) is 68.1 cm³/mol. The number of pyridine rings is 1. The van der Waals surface area contributed by atoms with E-state index in [-0.39, 0.29) is 6.04 Å². The minimum atomic E-state index is -3.10. The summed E-state index contributed by atoms with van der Waals surface area (Å²) in [5, 5.41) is 0. The maximum absolute atomic E-state index is 10.9. The van der Waals surface area contributed by atoms with Gasteiger partial charge in [-0.25, -0.2) is 13.1 Å². The van der Waals surface area contributed by atoms with Crippen molar-refractivity contribution < 1.29 is 8.42 Å². The van der Waals surface area contributed by atoms with Gasteiger partial charge in [0.2, 0.25) is 10.0 Å². The number of aromatic nitrogens is 1. The highest BCUT2D eigenvalue weighted by atomic mass is 32.2. The fourth-order valence-electron chi connectivity index (χ4n) is 1.48. The molecule has 0 aliphatic heterocycles. The van der Waals surface area contributed by atoms with Crippen LogP contribution in [0.4, 0.5) is 0 Å². The molecule has 1 heterocycles. The molecule has 0 spiro atoms. The lowest BCUT2D eigenvalue weighted by Crippen LogP contribution is -2.33. The van der Waals surface area contributed by atoms with E-state index in [1.807, 2.05) is 25.4 Å². The minimum absolute atomic E-state index is 0.213. The highest BCUT2D eigenvalue weighted by molar-refractivity contribution is 7.88. The Hall–Kier alpha value is -0.980. The van der Waals surface area contributed by atoms with Crippen molar-refractivity contribution in [2.24, 2.45) is 0 Å². The summed E-state index contributed by atoms with van der Waals surface area (Å²) >= 11 is 0. The smallest absolute Gasteiger partial charge is 0.208 e. The fraction of sp³-hybridized carbons (Fsp3) is 0.545. The molecule has 1 rings (SSSR count). The second kappa shape index (κ2) is 6.09. The van der Waals surface area contributed by atoms with Crippen LogP contribution in [0.25, 0.3) is 0 Å². The maximum atomic E-state index is 10.9. The van der Waals surface area contributed by atoms with E-state index in [9.17, 15) is 8.42 Å². The summed E-state index contributed by atoms with van der Waals surface area (Å²) in [5.41, 5.74) is 1.12. The van der Waals surface area contributed by atoms with E-state index in [1.165, 1.54) is 0 Å². The third kappa shape index (κ3) is 5.25. The summed E-state index contributed by atoms with van der Waals surface area (Å²) in [6.07, 6.45) is 4.73. The average molecular weight is 257 g/mol. The number of likely N-dealkylation sites (N-methyl/N-ethyl adjacent to an activating group) is 1. The highest BCUT2D eigenvalue weighted by Gasteiger charge is 2.11. The van der Waals surface area contributed by atoms with Gasteiger partial charge in [0.25, 0.3) is 0 Å². The van der Waals surface area contributed by atoms with Crippen LogP contribution >= 0.6 is 0 Å². The molecule has 0 saturated heterocycles. The first-order valence-corrected chi connectivity index (χ1v) is 7.34. The molecule has 96 valence electrons. The normalized spacial score (nSPS) is 13.9. The molecule has 1 unspecified atom stereocenters. The van der Waals surface area contributed by atoms with E-state index in [2.05, 4.69) is 21.5 Å². The van der Waals surface area contributed by atoms with E-state index in [4.69, 9.17) is 0 Å². The third-order valence-electron chi connectivity index (χ3n) is 2.66. The number of hydrogen-bond acceptors (Lipinski definition) is 4. The Bertz CT molecular complexity index is 433. The molecule has 0 aliphatic carbocycles. The standard InChI is InChI=1S/C11H19N3O2S/c1-10(11-5-4-6-12-9-11)14(2)8-7-13-17(3,15)16/h4-6,9-10,13H,7-8H2,1-3H3. The molecule has 0 fully saturated rings. The van der Waals surface area contributed by atoms with Crippen LogP contribution in [0.3, 0.4) is 0 Å². The Kier molecular flexibility index (Phi) is 5.04. The summed E-state index contributed by atoms with van der Waals surface area (Å²) in [6, 6.07) is 4.12. The van der Waals surface area contributed by atoms with E-state index < -0.39 is 10.0 Å². The van der Waals surface area contributed by atoms with Crippen molar-refractivity contribution in [1.82, 2.24) is 14.6 Å². The first-order valence-electron chi connectivity index (χ1n) is 5.45. The van der Waals surface area contributed by atoms with Gasteiger partial charge in [0.05, 0.1) is 6.26 Å². The van der Waals surface area contributed by atoms with Crippen LogP contribution < -0.4 is 4.72 Å². The summed E-state index contributed by atoms with van der Waals surface area (Å²) < 4.78 is 24.3. The first kappa shape index (κ1) is 14.1. The van der Waals surface area contributed by atoms with Crippen LogP contribution in [0.1, 0.15) is 18.5 Å². The predicted octanol–water partition coefficient (Wildman–Crippen LogP) is 0.624. The van der Waals surface area contributed by atoms with E-state index in [1.54, 1.807) is 6.20 Å². The Labute approximate surface area is 103 Å². The lowest BCUT2D eigenvalue weighted by molar-refractivity contribution is 0.266. The van der Waals surface area contributed by atoms with Gasteiger partial charge in [0.1, 0.15) is 0 Å². The van der Waals surface area contributed by atoms with Crippen molar-refractivity contribution in [1.29, 1.82) is 0 Å². The van der Waals surface area contributed by atoms with Crippen molar-refractivity contribution in [2.45, 2.75) is 13.0 Å². The minimum Gasteiger partial charge on any atom is -0.298 e. The number of sulfonamides is 1. The molecular formula is C11H19N3O2S. The van der Waals surface area contributed by atoms with Crippen molar-refractivity contribution in [2.75, 3.05) is 26.4 Å². The second-order valence-electron chi connectivity index (χ2n) is 4.11. The molecule has 0 aliphatic rings. The Morgan fingerprint density at radius 1 is 1.53 bits per heavy atom. The first-order chi connectivity index (χ1) is 7.90. The summed E-state index contributed by atoms with van der Waals surface area (Å²) in [7, 11) is -1.14. The number of nitrogens with one attached hydrogen (secondary N) is 1. The zero-order valence-electron chi connectivity index (χ0n) is 10.4. The topological polar surface area (TPSA) is 62.3 Å². The molecular weight excluding hydrogens is 238 g/mol. The SMILES string of the molecule is CC(c1cccnc1)N(C)CCNS(C)(=O)=O. The number of rotatable bonds is 6. The quantitative estimate of drug-likeness (QED) is 0.811. The van der Waals surface area contributed by atoms with Gasteiger partial charge < -0.3 is 0 Å². The molecule has 1 N–H and O–H groups in total. The lowest BCUT2D eigenvalue weighted by Gasteiger charge is -2.24. The van der Waals surface area contributed by atoms with Crippen molar-refractivity contribution in [3.05, 3.63) is 30.1 Å². The average Bonchev–Trinajstić information content (AvgIpc) is 2.27. The van der Waals surface area contributed by atoms with Crippen LogP contribution in [0, 0.1) is 0 Å². The molecule has 0 amide bonds. The van der Waals surface area contributed by atoms with Gasteiger partial charge in [-0.15, -0.1) is 0 Å². The Morgan fingerprint density at radius 2 is 2.24 bits per heavy atom. The molecule has 1 atom stereocenters. The van der Waals surface area contributed by atoms with Gasteiger partial charge in [-0.05, 0) is 25.6 Å².